The zero-order chi connectivity index (χ0) is 13.6. The van der Waals surface area contributed by atoms with Crippen LogP contribution in [0.4, 0.5) is 0 Å². The largest absolute Gasteiger partial charge is 0.389 e. The van der Waals surface area contributed by atoms with Crippen molar-refractivity contribution in [3.05, 3.63) is 64.7 Å². The highest BCUT2D eigenvalue weighted by Gasteiger charge is 2.35. The Bertz CT molecular complexity index is 719. The van der Waals surface area contributed by atoms with Gasteiger partial charge in [-0.15, -0.1) is 11.3 Å². The van der Waals surface area contributed by atoms with Gasteiger partial charge in [0.05, 0.1) is 20.8 Å². The van der Waals surface area contributed by atoms with Gasteiger partial charge in [0.1, 0.15) is 0 Å². The van der Waals surface area contributed by atoms with Crippen LogP contribution in [0.5, 0.6) is 0 Å². The highest BCUT2D eigenvalue weighted by atomic mass is 32.1. The van der Waals surface area contributed by atoms with Gasteiger partial charge < -0.3 is 5.11 Å². The highest BCUT2D eigenvalue weighted by Crippen LogP contribution is 2.34. The van der Waals surface area contributed by atoms with Crippen LogP contribution >= 0.6 is 11.3 Å². The van der Waals surface area contributed by atoms with Crippen LogP contribution in [0.1, 0.15) is 16.1 Å². The zero-order valence-electron chi connectivity index (χ0n) is 11.0. The summed E-state index contributed by atoms with van der Waals surface area (Å²) >= 11 is 1.69. The van der Waals surface area contributed by atoms with E-state index in [9.17, 15) is 5.11 Å². The first kappa shape index (κ1) is 12.1. The van der Waals surface area contributed by atoms with Gasteiger partial charge in [-0.1, -0.05) is 36.4 Å². The summed E-state index contributed by atoms with van der Waals surface area (Å²) in [6, 6.07) is 16.5. The van der Waals surface area contributed by atoms with E-state index in [1.54, 1.807) is 11.3 Å². The minimum absolute atomic E-state index is 0.640. The Morgan fingerprint density at radius 3 is 2.35 bits per heavy atom. The number of fused-ring (bicyclic) bond motifs is 2. The quantitative estimate of drug-likeness (QED) is 0.781. The molecule has 0 amide bonds. The van der Waals surface area contributed by atoms with Crippen LogP contribution in [-0.4, -0.2) is 15.7 Å². The molecule has 0 saturated carbocycles. The topological polar surface area (TPSA) is 33.1 Å². The Balaban J connectivity index is 1.63. The molecule has 100 valence electrons. The van der Waals surface area contributed by atoms with Crippen molar-refractivity contribution in [1.29, 1.82) is 0 Å². The van der Waals surface area contributed by atoms with Crippen molar-refractivity contribution < 1.29 is 5.11 Å². The number of aromatic nitrogens is 1. The average molecular weight is 281 g/mol. The summed E-state index contributed by atoms with van der Waals surface area (Å²) in [6.07, 6.45) is 2.11. The van der Waals surface area contributed by atoms with Crippen molar-refractivity contribution in [1.82, 2.24) is 4.98 Å². The van der Waals surface area contributed by atoms with Crippen molar-refractivity contribution in [3.8, 4) is 0 Å². The van der Waals surface area contributed by atoms with E-state index < -0.39 is 5.60 Å². The summed E-state index contributed by atoms with van der Waals surface area (Å²) in [4.78, 5) is 4.64. The number of aliphatic hydroxyl groups is 1. The summed E-state index contributed by atoms with van der Waals surface area (Å²) in [7, 11) is 0. The van der Waals surface area contributed by atoms with Crippen LogP contribution in [0.25, 0.3) is 10.2 Å². The van der Waals surface area contributed by atoms with Crippen molar-refractivity contribution in [2.75, 3.05) is 0 Å². The summed E-state index contributed by atoms with van der Waals surface area (Å²) in [5.74, 6) is 0. The minimum atomic E-state index is -0.669. The normalized spacial score (nSPS) is 16.4. The average Bonchev–Trinajstić information content (AvgIpc) is 2.97. The zero-order valence-corrected chi connectivity index (χ0v) is 11.9. The Morgan fingerprint density at radius 2 is 1.65 bits per heavy atom. The van der Waals surface area contributed by atoms with E-state index in [1.807, 2.05) is 30.3 Å². The van der Waals surface area contributed by atoms with Gasteiger partial charge in [0.2, 0.25) is 0 Å². The molecule has 3 heteroatoms. The first-order chi connectivity index (χ1) is 9.72. The molecule has 0 spiro atoms. The van der Waals surface area contributed by atoms with Crippen molar-refractivity contribution >= 4 is 21.6 Å². The summed E-state index contributed by atoms with van der Waals surface area (Å²) < 4.78 is 1.20. The molecular weight excluding hydrogens is 266 g/mol. The Labute approximate surface area is 121 Å². The molecule has 2 aromatic carbocycles. The fourth-order valence-electron chi connectivity index (χ4n) is 3.08. The van der Waals surface area contributed by atoms with E-state index in [0.717, 1.165) is 23.4 Å². The maximum absolute atomic E-state index is 10.9. The van der Waals surface area contributed by atoms with Gasteiger partial charge in [0.25, 0.3) is 0 Å². The maximum atomic E-state index is 10.9. The third-order valence-corrected chi connectivity index (χ3v) is 5.01. The van der Waals surface area contributed by atoms with E-state index in [4.69, 9.17) is 0 Å². The number of hydrogen-bond donors (Lipinski definition) is 1. The monoisotopic (exact) mass is 281 g/mol. The van der Waals surface area contributed by atoms with E-state index in [1.165, 1.54) is 15.8 Å². The van der Waals surface area contributed by atoms with Crippen LogP contribution in [-0.2, 0) is 19.3 Å². The molecule has 0 unspecified atom stereocenters. The fraction of sp³-hybridized carbons (Fsp3) is 0.235. The van der Waals surface area contributed by atoms with E-state index in [-0.39, 0.29) is 0 Å². The molecule has 2 nitrogen and oxygen atoms in total. The number of nitrogens with zero attached hydrogens (tertiary/aromatic N) is 1. The van der Waals surface area contributed by atoms with Gasteiger partial charge in [-0.3, -0.25) is 0 Å². The minimum Gasteiger partial charge on any atom is -0.389 e. The standard InChI is InChI=1S/C17H15NOS/c19-17(9-12-5-1-2-6-13(12)10-17)11-16-18-14-7-3-4-8-15(14)20-16/h1-8,19H,9-11H2. The van der Waals surface area contributed by atoms with Crippen molar-refractivity contribution in [2.24, 2.45) is 0 Å². The number of thiazole rings is 1. The highest BCUT2D eigenvalue weighted by molar-refractivity contribution is 7.18. The lowest BCUT2D eigenvalue weighted by Gasteiger charge is -2.20. The molecule has 1 aromatic heterocycles. The molecule has 1 aliphatic rings. The van der Waals surface area contributed by atoms with Crippen LogP contribution in [0.3, 0.4) is 0 Å². The first-order valence-corrected chi connectivity index (χ1v) is 7.67. The molecule has 0 bridgehead atoms. The molecule has 0 atom stereocenters. The lowest BCUT2D eigenvalue weighted by molar-refractivity contribution is 0.0518. The van der Waals surface area contributed by atoms with E-state index in [0.29, 0.717) is 6.42 Å². The predicted molar refractivity (Wildman–Crippen MR) is 82.1 cm³/mol. The molecule has 0 aliphatic heterocycles. The van der Waals surface area contributed by atoms with Crippen LogP contribution in [0.15, 0.2) is 48.5 Å². The Kier molecular flexibility index (Phi) is 2.65. The molecule has 0 saturated heterocycles. The van der Waals surface area contributed by atoms with E-state index >= 15 is 0 Å². The van der Waals surface area contributed by atoms with Gasteiger partial charge in [-0.2, -0.15) is 0 Å². The molecule has 3 aromatic rings. The molecule has 1 N–H and O–H groups in total. The second kappa shape index (κ2) is 4.40. The van der Waals surface area contributed by atoms with Crippen LogP contribution in [0.2, 0.25) is 0 Å². The number of benzene rings is 2. The first-order valence-electron chi connectivity index (χ1n) is 6.86. The summed E-state index contributed by atoms with van der Waals surface area (Å²) in [6.45, 7) is 0. The smallest absolute Gasteiger partial charge is 0.0967 e. The fourth-order valence-corrected chi connectivity index (χ4v) is 4.18. The van der Waals surface area contributed by atoms with Gasteiger partial charge in [-0.25, -0.2) is 4.98 Å². The second-order valence-electron chi connectivity index (χ2n) is 5.60. The van der Waals surface area contributed by atoms with Gasteiger partial charge in [-0.05, 0) is 23.3 Å². The van der Waals surface area contributed by atoms with Gasteiger partial charge in [0, 0.05) is 19.3 Å². The van der Waals surface area contributed by atoms with Crippen LogP contribution in [0, 0.1) is 0 Å². The lowest BCUT2D eigenvalue weighted by atomic mass is 9.97. The second-order valence-corrected chi connectivity index (χ2v) is 6.71. The molecule has 1 heterocycles. The Hall–Kier alpha value is -1.71. The lowest BCUT2D eigenvalue weighted by Crippen LogP contribution is -2.32. The third-order valence-electron chi connectivity index (χ3n) is 3.98. The SMILES string of the molecule is OC1(Cc2nc3ccccc3s2)Cc2ccccc2C1. The number of hydrogen-bond acceptors (Lipinski definition) is 3. The predicted octanol–water partition coefficient (Wildman–Crippen LogP) is 3.37. The maximum Gasteiger partial charge on any atom is 0.0967 e. The van der Waals surface area contributed by atoms with Crippen molar-refractivity contribution in [3.63, 3.8) is 0 Å². The number of rotatable bonds is 2. The van der Waals surface area contributed by atoms with E-state index in [2.05, 4.69) is 23.2 Å². The third kappa shape index (κ3) is 2.03. The molecule has 20 heavy (non-hydrogen) atoms. The summed E-state index contributed by atoms with van der Waals surface area (Å²) in [5, 5.41) is 11.9. The van der Waals surface area contributed by atoms with Gasteiger partial charge >= 0.3 is 0 Å². The summed E-state index contributed by atoms with van der Waals surface area (Å²) in [5.41, 5.74) is 2.91. The van der Waals surface area contributed by atoms with Crippen LogP contribution < -0.4 is 0 Å². The molecule has 1 aliphatic carbocycles. The number of para-hydroxylation sites is 1. The van der Waals surface area contributed by atoms with Gasteiger partial charge in [0.15, 0.2) is 0 Å². The Morgan fingerprint density at radius 1 is 1.00 bits per heavy atom. The molecule has 0 fully saturated rings. The molecule has 4 rings (SSSR count). The molecule has 0 radical (unpaired) electrons. The molecular formula is C17H15NOS. The van der Waals surface area contributed by atoms with Crippen molar-refractivity contribution in [2.45, 2.75) is 24.9 Å².